The van der Waals surface area contributed by atoms with Crippen LogP contribution in [-0.2, 0) is 14.3 Å². The van der Waals surface area contributed by atoms with E-state index >= 15 is 0 Å². The zero-order chi connectivity index (χ0) is 18.4. The van der Waals surface area contributed by atoms with Gasteiger partial charge in [0.1, 0.15) is 0 Å². The number of carbonyl (C=O) groups excluding carboxylic acids is 2. The smallest absolute Gasteiger partial charge is 0.316 e. The standard InChI is InChI=1S/C19H20ClNO3S/c1-12-4-7-17(16(20)8-12)21-18(22)10-24-19(23)11-25-15-6-5-13(2)14(3)9-15/h4-9H,10-11H2,1-3H3,(H,21,22). The summed E-state index contributed by atoms with van der Waals surface area (Å²) >= 11 is 7.44. The van der Waals surface area contributed by atoms with E-state index in [1.54, 1.807) is 12.1 Å². The van der Waals surface area contributed by atoms with Gasteiger partial charge in [-0.25, -0.2) is 0 Å². The number of aryl methyl sites for hydroxylation is 3. The molecular formula is C19H20ClNO3S. The van der Waals surface area contributed by atoms with Gasteiger partial charge in [0.15, 0.2) is 6.61 Å². The zero-order valence-corrected chi connectivity index (χ0v) is 16.0. The second-order valence-corrected chi connectivity index (χ2v) is 7.18. The highest BCUT2D eigenvalue weighted by atomic mass is 35.5. The fourth-order valence-electron chi connectivity index (χ4n) is 2.04. The van der Waals surface area contributed by atoms with Gasteiger partial charge in [0.25, 0.3) is 5.91 Å². The summed E-state index contributed by atoms with van der Waals surface area (Å²) in [5.41, 5.74) is 3.88. The van der Waals surface area contributed by atoms with E-state index < -0.39 is 11.9 Å². The van der Waals surface area contributed by atoms with Crippen molar-refractivity contribution >= 4 is 40.9 Å². The van der Waals surface area contributed by atoms with Gasteiger partial charge in [-0.2, -0.15) is 0 Å². The van der Waals surface area contributed by atoms with Crippen LogP contribution in [0.25, 0.3) is 0 Å². The van der Waals surface area contributed by atoms with Crippen LogP contribution in [0.15, 0.2) is 41.3 Å². The number of rotatable bonds is 6. The molecule has 0 saturated carbocycles. The molecule has 25 heavy (non-hydrogen) atoms. The van der Waals surface area contributed by atoms with Crippen molar-refractivity contribution in [2.45, 2.75) is 25.7 Å². The predicted octanol–water partition coefficient (Wildman–Crippen LogP) is 4.54. The summed E-state index contributed by atoms with van der Waals surface area (Å²) in [4.78, 5) is 24.6. The quantitative estimate of drug-likeness (QED) is 0.593. The molecule has 0 bridgehead atoms. The molecule has 0 atom stereocenters. The topological polar surface area (TPSA) is 55.4 Å². The third-order valence-corrected chi connectivity index (χ3v) is 4.88. The summed E-state index contributed by atoms with van der Waals surface area (Å²) in [5.74, 6) is -0.704. The van der Waals surface area contributed by atoms with Crippen LogP contribution < -0.4 is 5.32 Å². The number of ether oxygens (including phenoxy) is 1. The molecule has 132 valence electrons. The lowest BCUT2D eigenvalue weighted by Crippen LogP contribution is -2.21. The molecule has 0 aromatic heterocycles. The highest BCUT2D eigenvalue weighted by Gasteiger charge is 2.10. The molecular weight excluding hydrogens is 358 g/mol. The second-order valence-electron chi connectivity index (χ2n) is 5.73. The highest BCUT2D eigenvalue weighted by Crippen LogP contribution is 2.23. The fraction of sp³-hybridized carbons (Fsp3) is 0.263. The van der Waals surface area contributed by atoms with Crippen LogP contribution in [0.3, 0.4) is 0 Å². The first kappa shape index (κ1) is 19.3. The van der Waals surface area contributed by atoms with Gasteiger partial charge >= 0.3 is 5.97 Å². The molecule has 0 aliphatic heterocycles. The molecule has 4 nitrogen and oxygen atoms in total. The molecule has 1 N–H and O–H groups in total. The van der Waals surface area contributed by atoms with Crippen molar-refractivity contribution in [2.24, 2.45) is 0 Å². The first-order chi connectivity index (χ1) is 11.8. The number of hydrogen-bond donors (Lipinski definition) is 1. The number of amides is 1. The molecule has 0 spiro atoms. The first-order valence-electron chi connectivity index (χ1n) is 7.77. The van der Waals surface area contributed by atoms with Gasteiger partial charge in [0.05, 0.1) is 16.5 Å². The Balaban J connectivity index is 1.77. The minimum absolute atomic E-state index is 0.154. The number of anilines is 1. The van der Waals surface area contributed by atoms with Crippen molar-refractivity contribution in [1.82, 2.24) is 0 Å². The van der Waals surface area contributed by atoms with Gasteiger partial charge in [-0.1, -0.05) is 23.7 Å². The molecule has 2 aromatic rings. The number of carbonyl (C=O) groups is 2. The SMILES string of the molecule is Cc1ccc(NC(=O)COC(=O)CSc2ccc(C)c(C)c2)c(Cl)c1. The van der Waals surface area contributed by atoms with E-state index in [9.17, 15) is 9.59 Å². The first-order valence-corrected chi connectivity index (χ1v) is 9.13. The number of nitrogens with one attached hydrogen (secondary N) is 1. The summed E-state index contributed by atoms with van der Waals surface area (Å²) in [5, 5.41) is 3.07. The predicted molar refractivity (Wildman–Crippen MR) is 102 cm³/mol. The maximum absolute atomic E-state index is 11.9. The van der Waals surface area contributed by atoms with Crippen LogP contribution >= 0.6 is 23.4 Å². The van der Waals surface area contributed by atoms with Crippen molar-refractivity contribution in [3.8, 4) is 0 Å². The summed E-state index contributed by atoms with van der Waals surface area (Å²) in [6, 6.07) is 11.3. The van der Waals surface area contributed by atoms with Crippen LogP contribution in [0, 0.1) is 20.8 Å². The molecule has 2 aromatic carbocycles. The molecule has 0 aliphatic rings. The Morgan fingerprint density at radius 3 is 2.52 bits per heavy atom. The van der Waals surface area contributed by atoms with E-state index in [2.05, 4.69) is 5.32 Å². The number of hydrogen-bond acceptors (Lipinski definition) is 4. The van der Waals surface area contributed by atoms with Gasteiger partial charge in [-0.3, -0.25) is 9.59 Å². The van der Waals surface area contributed by atoms with Gasteiger partial charge in [-0.05, 0) is 61.7 Å². The van der Waals surface area contributed by atoms with Crippen molar-refractivity contribution in [3.63, 3.8) is 0 Å². The third-order valence-electron chi connectivity index (χ3n) is 3.60. The minimum atomic E-state index is -0.437. The van der Waals surface area contributed by atoms with Crippen molar-refractivity contribution in [2.75, 3.05) is 17.7 Å². The lowest BCUT2D eigenvalue weighted by molar-refractivity contribution is -0.144. The third kappa shape index (κ3) is 6.11. The van der Waals surface area contributed by atoms with E-state index in [1.165, 1.54) is 22.9 Å². The van der Waals surface area contributed by atoms with E-state index in [1.807, 2.05) is 45.0 Å². The minimum Gasteiger partial charge on any atom is -0.455 e. The number of benzene rings is 2. The van der Waals surface area contributed by atoms with E-state index in [0.717, 1.165) is 10.5 Å². The fourth-order valence-corrected chi connectivity index (χ4v) is 3.12. The van der Waals surface area contributed by atoms with Gasteiger partial charge < -0.3 is 10.1 Å². The molecule has 0 heterocycles. The summed E-state index contributed by atoms with van der Waals surface area (Å²) < 4.78 is 5.00. The van der Waals surface area contributed by atoms with E-state index in [4.69, 9.17) is 16.3 Å². The average Bonchev–Trinajstić information content (AvgIpc) is 2.56. The second kappa shape index (κ2) is 8.92. The van der Waals surface area contributed by atoms with Crippen LogP contribution in [0.2, 0.25) is 5.02 Å². The van der Waals surface area contributed by atoms with Crippen molar-refractivity contribution in [1.29, 1.82) is 0 Å². The molecule has 6 heteroatoms. The molecule has 0 radical (unpaired) electrons. The Labute approximate surface area is 156 Å². The van der Waals surface area contributed by atoms with Gasteiger partial charge in [0, 0.05) is 4.90 Å². The van der Waals surface area contributed by atoms with Crippen molar-refractivity contribution < 1.29 is 14.3 Å². The number of halogens is 1. The molecule has 0 unspecified atom stereocenters. The van der Waals surface area contributed by atoms with Crippen LogP contribution in [0.1, 0.15) is 16.7 Å². The number of esters is 1. The molecule has 0 aliphatic carbocycles. The summed E-state index contributed by atoms with van der Waals surface area (Å²) in [7, 11) is 0. The van der Waals surface area contributed by atoms with Gasteiger partial charge in [-0.15, -0.1) is 11.8 Å². The molecule has 0 saturated heterocycles. The normalized spacial score (nSPS) is 10.4. The Hall–Kier alpha value is -1.98. The molecule has 2 rings (SSSR count). The number of thioether (sulfide) groups is 1. The average molecular weight is 378 g/mol. The molecule has 1 amide bonds. The highest BCUT2D eigenvalue weighted by molar-refractivity contribution is 8.00. The Kier molecular flexibility index (Phi) is 6.91. The maximum atomic E-state index is 11.9. The van der Waals surface area contributed by atoms with Crippen LogP contribution in [0.4, 0.5) is 5.69 Å². The summed E-state index contributed by atoms with van der Waals surface area (Å²) in [6.07, 6.45) is 0. The molecule has 0 fully saturated rings. The lowest BCUT2D eigenvalue weighted by Gasteiger charge is -2.09. The van der Waals surface area contributed by atoms with E-state index in [0.29, 0.717) is 10.7 Å². The van der Waals surface area contributed by atoms with Crippen LogP contribution in [-0.4, -0.2) is 24.2 Å². The van der Waals surface area contributed by atoms with E-state index in [-0.39, 0.29) is 12.4 Å². The largest absolute Gasteiger partial charge is 0.455 e. The summed E-state index contributed by atoms with van der Waals surface area (Å²) in [6.45, 7) is 5.64. The maximum Gasteiger partial charge on any atom is 0.316 e. The van der Waals surface area contributed by atoms with Crippen LogP contribution in [0.5, 0.6) is 0 Å². The Morgan fingerprint density at radius 2 is 1.84 bits per heavy atom. The monoisotopic (exact) mass is 377 g/mol. The Bertz CT molecular complexity index is 792. The van der Waals surface area contributed by atoms with Gasteiger partial charge in [0.2, 0.25) is 0 Å². The lowest BCUT2D eigenvalue weighted by atomic mass is 10.1. The zero-order valence-electron chi connectivity index (χ0n) is 14.4. The Morgan fingerprint density at radius 1 is 1.08 bits per heavy atom. The van der Waals surface area contributed by atoms with Crippen molar-refractivity contribution in [3.05, 3.63) is 58.1 Å².